The van der Waals surface area contributed by atoms with Crippen molar-refractivity contribution in [3.63, 3.8) is 0 Å². The van der Waals surface area contributed by atoms with Crippen molar-refractivity contribution in [2.24, 2.45) is 0 Å². The average Bonchev–Trinajstić information content (AvgIpc) is 2.55. The number of nitrogens with zero attached hydrogens (tertiary/aromatic N) is 1. The smallest absolute Gasteiger partial charge is 0.234 e. The zero-order valence-corrected chi connectivity index (χ0v) is 15.9. The Morgan fingerprint density at radius 1 is 1.12 bits per heavy atom. The number of anilines is 1. The standard InChI is InChI=1S/C19H21ClN2O2S/c1-14(23)22(2)11-15-5-4-8-18(10-15)21-19(24)13-25-12-16-6-3-7-17(20)9-16/h3-10H,11-13H2,1-2H3,(H,21,24). The van der Waals surface area contributed by atoms with E-state index in [0.717, 1.165) is 22.6 Å². The van der Waals surface area contributed by atoms with Crippen LogP contribution >= 0.6 is 23.4 Å². The molecule has 0 aliphatic rings. The normalized spacial score (nSPS) is 10.4. The van der Waals surface area contributed by atoms with Crippen LogP contribution in [0.1, 0.15) is 18.1 Å². The molecule has 0 atom stereocenters. The van der Waals surface area contributed by atoms with Gasteiger partial charge in [-0.1, -0.05) is 35.9 Å². The molecule has 2 rings (SSSR count). The van der Waals surface area contributed by atoms with Crippen molar-refractivity contribution in [1.82, 2.24) is 4.90 Å². The summed E-state index contributed by atoms with van der Waals surface area (Å²) in [6.45, 7) is 2.05. The Hall–Kier alpha value is -1.98. The van der Waals surface area contributed by atoms with E-state index in [1.165, 1.54) is 18.7 Å². The second-order valence-corrected chi connectivity index (χ2v) is 7.17. The predicted molar refractivity (Wildman–Crippen MR) is 105 cm³/mol. The molecular weight excluding hydrogens is 356 g/mol. The molecule has 0 saturated carbocycles. The van der Waals surface area contributed by atoms with E-state index in [-0.39, 0.29) is 11.8 Å². The maximum absolute atomic E-state index is 12.1. The lowest BCUT2D eigenvalue weighted by Gasteiger charge is -2.15. The van der Waals surface area contributed by atoms with Gasteiger partial charge in [-0.05, 0) is 35.4 Å². The lowest BCUT2D eigenvalue weighted by molar-refractivity contribution is -0.128. The minimum absolute atomic E-state index is 0.00635. The summed E-state index contributed by atoms with van der Waals surface area (Å²) in [5, 5.41) is 3.60. The SMILES string of the molecule is CC(=O)N(C)Cc1cccc(NC(=O)CSCc2cccc(Cl)c2)c1. The van der Waals surface area contributed by atoms with E-state index < -0.39 is 0 Å². The molecular formula is C19H21ClN2O2S. The predicted octanol–water partition coefficient (Wildman–Crippen LogP) is 4.19. The molecule has 2 amide bonds. The Balaban J connectivity index is 1.83. The quantitative estimate of drug-likeness (QED) is 0.788. The highest BCUT2D eigenvalue weighted by Gasteiger charge is 2.06. The summed E-state index contributed by atoms with van der Waals surface area (Å²) in [6.07, 6.45) is 0. The number of rotatable bonds is 7. The second kappa shape index (κ2) is 9.49. The zero-order valence-electron chi connectivity index (χ0n) is 14.3. The maximum atomic E-state index is 12.1. The Bertz CT molecular complexity index is 752. The van der Waals surface area contributed by atoms with Crippen molar-refractivity contribution in [3.8, 4) is 0 Å². The van der Waals surface area contributed by atoms with E-state index in [1.807, 2.05) is 48.5 Å². The topological polar surface area (TPSA) is 49.4 Å². The average molecular weight is 377 g/mol. The third-order valence-electron chi connectivity index (χ3n) is 3.56. The van der Waals surface area contributed by atoms with Crippen LogP contribution in [0.2, 0.25) is 5.02 Å². The van der Waals surface area contributed by atoms with Crippen LogP contribution in [0.25, 0.3) is 0 Å². The highest BCUT2D eigenvalue weighted by molar-refractivity contribution is 7.99. The summed E-state index contributed by atoms with van der Waals surface area (Å²) in [6, 6.07) is 15.2. The number of hydrogen-bond acceptors (Lipinski definition) is 3. The first kappa shape index (κ1) is 19.3. The number of nitrogens with one attached hydrogen (secondary N) is 1. The summed E-state index contributed by atoms with van der Waals surface area (Å²) in [5.74, 6) is 1.05. The molecule has 0 aliphatic heterocycles. The van der Waals surface area contributed by atoms with Gasteiger partial charge in [-0.2, -0.15) is 0 Å². The highest BCUT2D eigenvalue weighted by atomic mass is 35.5. The molecule has 6 heteroatoms. The van der Waals surface area contributed by atoms with Crippen molar-refractivity contribution in [2.75, 3.05) is 18.1 Å². The summed E-state index contributed by atoms with van der Waals surface area (Å²) >= 11 is 7.49. The summed E-state index contributed by atoms with van der Waals surface area (Å²) in [7, 11) is 1.75. The molecule has 4 nitrogen and oxygen atoms in total. The molecule has 0 bridgehead atoms. The van der Waals surface area contributed by atoms with Crippen LogP contribution in [-0.2, 0) is 21.9 Å². The molecule has 0 spiro atoms. The number of thioether (sulfide) groups is 1. The van der Waals surface area contributed by atoms with E-state index in [0.29, 0.717) is 17.3 Å². The maximum Gasteiger partial charge on any atom is 0.234 e. The minimum Gasteiger partial charge on any atom is -0.342 e. The number of hydrogen-bond donors (Lipinski definition) is 1. The third kappa shape index (κ3) is 6.80. The summed E-state index contributed by atoms with van der Waals surface area (Å²) in [4.78, 5) is 25.0. The number of carbonyl (C=O) groups excluding carboxylic acids is 2. The monoisotopic (exact) mass is 376 g/mol. The molecule has 0 saturated heterocycles. The third-order valence-corrected chi connectivity index (χ3v) is 4.80. The highest BCUT2D eigenvalue weighted by Crippen LogP contribution is 2.17. The number of halogens is 1. The lowest BCUT2D eigenvalue weighted by Crippen LogP contribution is -2.23. The Morgan fingerprint density at radius 3 is 2.56 bits per heavy atom. The molecule has 0 fully saturated rings. The van der Waals surface area contributed by atoms with Crippen molar-refractivity contribution in [3.05, 3.63) is 64.7 Å². The number of benzene rings is 2. The van der Waals surface area contributed by atoms with Crippen molar-refractivity contribution >= 4 is 40.9 Å². The van der Waals surface area contributed by atoms with Crippen LogP contribution in [0, 0.1) is 0 Å². The summed E-state index contributed by atoms with van der Waals surface area (Å²) in [5.41, 5.74) is 2.81. The minimum atomic E-state index is -0.0518. The van der Waals surface area contributed by atoms with Gasteiger partial charge >= 0.3 is 0 Å². The molecule has 0 aliphatic carbocycles. The van der Waals surface area contributed by atoms with Crippen molar-refractivity contribution < 1.29 is 9.59 Å². The first-order chi connectivity index (χ1) is 11.9. The molecule has 0 unspecified atom stereocenters. The molecule has 0 heterocycles. The molecule has 1 N–H and O–H groups in total. The first-order valence-corrected chi connectivity index (χ1v) is 9.40. The fraction of sp³-hybridized carbons (Fsp3) is 0.263. The van der Waals surface area contributed by atoms with Gasteiger partial charge in [0, 0.05) is 37.0 Å². The number of amides is 2. The van der Waals surface area contributed by atoms with Gasteiger partial charge in [-0.3, -0.25) is 9.59 Å². The van der Waals surface area contributed by atoms with Gasteiger partial charge in [-0.15, -0.1) is 11.8 Å². The first-order valence-electron chi connectivity index (χ1n) is 7.87. The van der Waals surface area contributed by atoms with E-state index in [2.05, 4.69) is 5.32 Å². The largest absolute Gasteiger partial charge is 0.342 e. The molecule has 25 heavy (non-hydrogen) atoms. The van der Waals surface area contributed by atoms with Crippen LogP contribution in [0.15, 0.2) is 48.5 Å². The summed E-state index contributed by atoms with van der Waals surface area (Å²) < 4.78 is 0. The van der Waals surface area contributed by atoms with Gasteiger partial charge in [0.2, 0.25) is 11.8 Å². The van der Waals surface area contributed by atoms with Crippen LogP contribution in [0.3, 0.4) is 0 Å². The van der Waals surface area contributed by atoms with Crippen LogP contribution in [-0.4, -0.2) is 29.5 Å². The van der Waals surface area contributed by atoms with Gasteiger partial charge in [0.15, 0.2) is 0 Å². The molecule has 0 aromatic heterocycles. The fourth-order valence-electron chi connectivity index (χ4n) is 2.22. The van der Waals surface area contributed by atoms with Crippen LogP contribution in [0.4, 0.5) is 5.69 Å². The van der Waals surface area contributed by atoms with Crippen LogP contribution in [0.5, 0.6) is 0 Å². The molecule has 0 radical (unpaired) electrons. The molecule has 2 aromatic carbocycles. The van der Waals surface area contributed by atoms with Crippen LogP contribution < -0.4 is 5.32 Å². The van der Waals surface area contributed by atoms with Gasteiger partial charge in [-0.25, -0.2) is 0 Å². The van der Waals surface area contributed by atoms with Gasteiger partial charge < -0.3 is 10.2 Å². The van der Waals surface area contributed by atoms with Crippen molar-refractivity contribution in [1.29, 1.82) is 0 Å². The van der Waals surface area contributed by atoms with E-state index in [1.54, 1.807) is 11.9 Å². The molecule has 132 valence electrons. The lowest BCUT2D eigenvalue weighted by atomic mass is 10.2. The van der Waals surface area contributed by atoms with Gasteiger partial charge in [0.25, 0.3) is 0 Å². The Labute approximate surface area is 157 Å². The Morgan fingerprint density at radius 2 is 1.84 bits per heavy atom. The number of carbonyl (C=O) groups is 2. The van der Waals surface area contributed by atoms with Gasteiger partial charge in [0.05, 0.1) is 5.75 Å². The van der Waals surface area contributed by atoms with E-state index in [4.69, 9.17) is 11.6 Å². The second-order valence-electron chi connectivity index (χ2n) is 5.75. The van der Waals surface area contributed by atoms with Gasteiger partial charge in [0.1, 0.15) is 0 Å². The Kier molecular flexibility index (Phi) is 7.34. The molecule has 2 aromatic rings. The fourth-order valence-corrected chi connectivity index (χ4v) is 3.21. The zero-order chi connectivity index (χ0) is 18.2. The van der Waals surface area contributed by atoms with Crippen molar-refractivity contribution in [2.45, 2.75) is 19.2 Å². The van der Waals surface area contributed by atoms with E-state index >= 15 is 0 Å². The van der Waals surface area contributed by atoms with E-state index in [9.17, 15) is 9.59 Å².